The average molecular weight is 339 g/mol. The fourth-order valence-corrected chi connectivity index (χ4v) is 3.21. The molecular weight excluding hydrogens is 318 g/mol. The number of ether oxygens (including phenoxy) is 1. The third-order valence-electron chi connectivity index (χ3n) is 3.68. The van der Waals surface area contributed by atoms with Crippen molar-refractivity contribution in [3.05, 3.63) is 34.0 Å². The van der Waals surface area contributed by atoms with Crippen LogP contribution in [0, 0.1) is 0 Å². The van der Waals surface area contributed by atoms with Gasteiger partial charge < -0.3 is 14.9 Å². The third-order valence-corrected chi connectivity index (χ3v) is 4.81. The molecule has 1 aromatic rings. The molecule has 1 aromatic heterocycles. The predicted octanol–water partition coefficient (Wildman–Crippen LogP) is 2.53. The summed E-state index contributed by atoms with van der Waals surface area (Å²) in [5.74, 6) is -0.913. The molecule has 1 aliphatic heterocycles. The molecule has 0 aromatic carbocycles. The Kier molecular flexibility index (Phi) is 6.18. The standard InChI is InChI=1S/C16H21NO5S/c1-2-12(18)6-5-11-10-22-16(21)17(11)9-3-4-13-7-8-14(23-13)15(19)20/h5-8,11-12,18H,2-4,9-10H2,1H3,(H,19,20)/b6-5+/t11-,12-/m0/s1. The number of nitrogens with zero attached hydrogens (tertiary/aromatic N) is 1. The number of rotatable bonds is 8. The van der Waals surface area contributed by atoms with Gasteiger partial charge in [-0.15, -0.1) is 11.3 Å². The van der Waals surface area contributed by atoms with Gasteiger partial charge in [-0.2, -0.15) is 0 Å². The molecule has 7 heteroatoms. The first-order chi connectivity index (χ1) is 11.0. The highest BCUT2D eigenvalue weighted by atomic mass is 32.1. The minimum absolute atomic E-state index is 0.151. The van der Waals surface area contributed by atoms with Gasteiger partial charge in [0.05, 0.1) is 12.1 Å². The zero-order chi connectivity index (χ0) is 16.8. The van der Waals surface area contributed by atoms with E-state index in [0.29, 0.717) is 24.4 Å². The van der Waals surface area contributed by atoms with Crippen LogP contribution in [0.4, 0.5) is 4.79 Å². The first-order valence-corrected chi connectivity index (χ1v) is 8.44. The molecule has 0 aliphatic carbocycles. The van der Waals surface area contributed by atoms with Gasteiger partial charge in [0, 0.05) is 11.4 Å². The van der Waals surface area contributed by atoms with E-state index in [4.69, 9.17) is 9.84 Å². The van der Waals surface area contributed by atoms with Crippen LogP contribution in [0.15, 0.2) is 24.3 Å². The summed E-state index contributed by atoms with van der Waals surface area (Å²) in [4.78, 5) is 25.6. The number of carboxylic acids is 1. The van der Waals surface area contributed by atoms with E-state index in [2.05, 4.69) is 0 Å². The highest BCUT2D eigenvalue weighted by molar-refractivity contribution is 7.13. The lowest BCUT2D eigenvalue weighted by Gasteiger charge is -2.18. The van der Waals surface area contributed by atoms with Crippen LogP contribution < -0.4 is 0 Å². The molecular formula is C16H21NO5S. The number of aliphatic hydroxyl groups is 1. The second kappa shape index (κ2) is 8.12. The topological polar surface area (TPSA) is 87.1 Å². The molecule has 1 amide bonds. The number of thiophene rings is 1. The molecule has 2 N–H and O–H groups in total. The smallest absolute Gasteiger partial charge is 0.410 e. The van der Waals surface area contributed by atoms with Gasteiger partial charge >= 0.3 is 12.1 Å². The van der Waals surface area contributed by atoms with E-state index in [-0.39, 0.29) is 12.1 Å². The molecule has 0 saturated carbocycles. The Morgan fingerprint density at radius 3 is 3.00 bits per heavy atom. The second-order valence-electron chi connectivity index (χ2n) is 5.37. The Hall–Kier alpha value is -1.86. The number of carbonyl (C=O) groups excluding carboxylic acids is 1. The Morgan fingerprint density at radius 1 is 1.57 bits per heavy atom. The lowest BCUT2D eigenvalue weighted by Crippen LogP contribution is -2.33. The fraction of sp³-hybridized carbons (Fsp3) is 0.500. The minimum atomic E-state index is -0.913. The highest BCUT2D eigenvalue weighted by Crippen LogP contribution is 2.20. The number of hydrogen-bond donors (Lipinski definition) is 2. The first kappa shape index (κ1) is 17.5. The Balaban J connectivity index is 1.85. The molecule has 2 rings (SSSR count). The number of hydrogen-bond acceptors (Lipinski definition) is 5. The largest absolute Gasteiger partial charge is 0.477 e. The van der Waals surface area contributed by atoms with Crippen molar-refractivity contribution in [2.24, 2.45) is 0 Å². The summed E-state index contributed by atoms with van der Waals surface area (Å²) in [5.41, 5.74) is 0. The van der Waals surface area contributed by atoms with Gasteiger partial charge in [-0.3, -0.25) is 4.90 Å². The maximum atomic E-state index is 11.8. The maximum Gasteiger partial charge on any atom is 0.410 e. The maximum absolute atomic E-state index is 11.8. The quantitative estimate of drug-likeness (QED) is 0.711. The van der Waals surface area contributed by atoms with Crippen molar-refractivity contribution in [2.75, 3.05) is 13.2 Å². The summed E-state index contributed by atoms with van der Waals surface area (Å²) in [6, 6.07) is 3.26. The van der Waals surface area contributed by atoms with E-state index in [1.165, 1.54) is 11.3 Å². The molecule has 0 bridgehead atoms. The van der Waals surface area contributed by atoms with Crippen LogP contribution in [0.25, 0.3) is 0 Å². The SMILES string of the molecule is CC[C@H](O)/C=C/[C@H]1COC(=O)N1CCCc1ccc(C(=O)O)s1. The van der Waals surface area contributed by atoms with Gasteiger partial charge in [0.25, 0.3) is 0 Å². The monoisotopic (exact) mass is 339 g/mol. The van der Waals surface area contributed by atoms with Crippen molar-refractivity contribution in [3.63, 3.8) is 0 Å². The van der Waals surface area contributed by atoms with Crippen LogP contribution in [0.3, 0.4) is 0 Å². The van der Waals surface area contributed by atoms with E-state index < -0.39 is 12.1 Å². The first-order valence-electron chi connectivity index (χ1n) is 7.63. The van der Waals surface area contributed by atoms with Gasteiger partial charge in [0.1, 0.15) is 11.5 Å². The van der Waals surface area contributed by atoms with Crippen molar-refractivity contribution in [2.45, 2.75) is 38.3 Å². The molecule has 23 heavy (non-hydrogen) atoms. The zero-order valence-corrected chi connectivity index (χ0v) is 13.8. The summed E-state index contributed by atoms with van der Waals surface area (Å²) in [5, 5.41) is 18.5. The molecule has 2 atom stereocenters. The summed E-state index contributed by atoms with van der Waals surface area (Å²) in [7, 11) is 0. The van der Waals surface area contributed by atoms with Crippen LogP contribution in [0.1, 0.15) is 34.3 Å². The summed E-state index contributed by atoms with van der Waals surface area (Å²) in [6.07, 6.45) is 4.73. The number of aryl methyl sites for hydroxylation is 1. The van der Waals surface area contributed by atoms with Gasteiger partial charge in [-0.05, 0) is 31.4 Å². The van der Waals surface area contributed by atoms with Crippen molar-refractivity contribution < 1.29 is 24.5 Å². The van der Waals surface area contributed by atoms with Gasteiger partial charge in [0.2, 0.25) is 0 Å². The number of cyclic esters (lactones) is 1. The van der Waals surface area contributed by atoms with Crippen molar-refractivity contribution in [1.29, 1.82) is 0 Å². The van der Waals surface area contributed by atoms with Crippen LogP contribution in [0.2, 0.25) is 0 Å². The van der Waals surface area contributed by atoms with Crippen molar-refractivity contribution >= 4 is 23.4 Å². The van der Waals surface area contributed by atoms with Gasteiger partial charge in [-0.1, -0.05) is 19.1 Å². The van der Waals surface area contributed by atoms with E-state index in [1.807, 2.05) is 19.1 Å². The van der Waals surface area contributed by atoms with E-state index in [0.717, 1.165) is 17.7 Å². The van der Waals surface area contributed by atoms with Crippen LogP contribution in [-0.4, -0.2) is 52.5 Å². The van der Waals surface area contributed by atoms with E-state index in [1.54, 1.807) is 17.0 Å². The molecule has 1 fully saturated rings. The normalized spacial score (nSPS) is 19.3. The number of aliphatic hydroxyl groups excluding tert-OH is 1. The zero-order valence-electron chi connectivity index (χ0n) is 13.0. The summed E-state index contributed by atoms with van der Waals surface area (Å²) in [6.45, 7) is 2.72. The molecule has 126 valence electrons. The number of carboxylic acid groups (broad SMARTS) is 1. The average Bonchev–Trinajstić information content (AvgIpc) is 3.13. The molecule has 2 heterocycles. The minimum Gasteiger partial charge on any atom is -0.477 e. The molecule has 1 saturated heterocycles. The predicted molar refractivity (Wildman–Crippen MR) is 86.9 cm³/mol. The molecule has 6 nitrogen and oxygen atoms in total. The fourth-order valence-electron chi connectivity index (χ4n) is 2.32. The Labute approximate surface area is 139 Å². The van der Waals surface area contributed by atoms with Crippen LogP contribution in [-0.2, 0) is 11.2 Å². The highest BCUT2D eigenvalue weighted by Gasteiger charge is 2.30. The second-order valence-corrected chi connectivity index (χ2v) is 6.54. The molecule has 1 aliphatic rings. The Bertz CT molecular complexity index is 583. The van der Waals surface area contributed by atoms with Gasteiger partial charge in [-0.25, -0.2) is 9.59 Å². The lowest BCUT2D eigenvalue weighted by molar-refractivity contribution is 0.0702. The molecule has 0 radical (unpaired) electrons. The Morgan fingerprint density at radius 2 is 2.35 bits per heavy atom. The van der Waals surface area contributed by atoms with Gasteiger partial charge in [0.15, 0.2) is 0 Å². The lowest BCUT2D eigenvalue weighted by atomic mass is 10.2. The number of carbonyl (C=O) groups is 2. The molecule has 0 spiro atoms. The molecule has 0 unspecified atom stereocenters. The summed E-state index contributed by atoms with van der Waals surface area (Å²) >= 11 is 1.26. The van der Waals surface area contributed by atoms with E-state index >= 15 is 0 Å². The third kappa shape index (κ3) is 4.80. The van der Waals surface area contributed by atoms with E-state index in [9.17, 15) is 14.7 Å². The summed E-state index contributed by atoms with van der Waals surface area (Å²) < 4.78 is 5.06. The van der Waals surface area contributed by atoms with Crippen LogP contribution >= 0.6 is 11.3 Å². The number of amides is 1. The number of aromatic carboxylic acids is 1. The van der Waals surface area contributed by atoms with Crippen molar-refractivity contribution in [1.82, 2.24) is 4.90 Å². The van der Waals surface area contributed by atoms with Crippen molar-refractivity contribution in [3.8, 4) is 0 Å². The van der Waals surface area contributed by atoms with Crippen LogP contribution in [0.5, 0.6) is 0 Å².